The van der Waals surface area contributed by atoms with Gasteiger partial charge in [-0.15, -0.1) is 11.3 Å². The quantitative estimate of drug-likeness (QED) is 0.914. The van der Waals surface area contributed by atoms with Gasteiger partial charge >= 0.3 is 0 Å². The molecule has 96 valence electrons. The van der Waals surface area contributed by atoms with Crippen LogP contribution in [0.2, 0.25) is 0 Å². The lowest BCUT2D eigenvalue weighted by Crippen LogP contribution is -2.23. The van der Waals surface area contributed by atoms with Gasteiger partial charge in [-0.25, -0.2) is 4.98 Å². The summed E-state index contributed by atoms with van der Waals surface area (Å²) >= 11 is 1.77. The summed E-state index contributed by atoms with van der Waals surface area (Å²) in [5.74, 6) is 0. The summed E-state index contributed by atoms with van der Waals surface area (Å²) in [5.41, 5.74) is 2.20. The zero-order valence-electron chi connectivity index (χ0n) is 11.3. The predicted molar refractivity (Wildman–Crippen MR) is 75.8 cm³/mol. The zero-order valence-corrected chi connectivity index (χ0v) is 12.1. The second-order valence-electron chi connectivity index (χ2n) is 4.55. The first-order chi connectivity index (χ1) is 8.58. The Bertz CT molecular complexity index is 507. The maximum atomic E-state index is 4.48. The highest BCUT2D eigenvalue weighted by molar-refractivity contribution is 7.11. The summed E-state index contributed by atoms with van der Waals surface area (Å²) in [6.45, 7) is 8.44. The maximum absolute atomic E-state index is 4.48. The molecular weight excluding hydrogens is 242 g/mol. The predicted octanol–water partition coefficient (Wildman–Crippen LogP) is 3.57. The van der Waals surface area contributed by atoms with Crippen LogP contribution in [0.1, 0.15) is 47.2 Å². The van der Waals surface area contributed by atoms with Crippen LogP contribution in [-0.2, 0) is 0 Å². The summed E-state index contributed by atoms with van der Waals surface area (Å²) in [6.07, 6.45) is 1.83. The molecule has 0 aliphatic carbocycles. The monoisotopic (exact) mass is 261 g/mol. The van der Waals surface area contributed by atoms with Crippen LogP contribution in [0.5, 0.6) is 0 Å². The summed E-state index contributed by atoms with van der Waals surface area (Å²) in [4.78, 5) is 10.2. The van der Waals surface area contributed by atoms with Crippen molar-refractivity contribution in [2.24, 2.45) is 0 Å². The van der Waals surface area contributed by atoms with Gasteiger partial charge in [-0.3, -0.25) is 4.98 Å². The molecule has 2 rings (SSSR count). The van der Waals surface area contributed by atoms with Gasteiger partial charge in [-0.1, -0.05) is 6.07 Å². The molecule has 0 aliphatic heterocycles. The molecule has 0 saturated heterocycles. The number of hydrogen-bond donors (Lipinski definition) is 1. The van der Waals surface area contributed by atoms with Gasteiger partial charge in [-0.05, 0) is 39.8 Å². The van der Waals surface area contributed by atoms with E-state index in [1.807, 2.05) is 18.3 Å². The van der Waals surface area contributed by atoms with Crippen molar-refractivity contribution in [1.29, 1.82) is 0 Å². The molecule has 2 atom stereocenters. The Hall–Kier alpha value is -1.26. The van der Waals surface area contributed by atoms with Crippen molar-refractivity contribution in [3.8, 4) is 0 Å². The van der Waals surface area contributed by atoms with Crippen molar-refractivity contribution in [3.63, 3.8) is 0 Å². The largest absolute Gasteiger partial charge is 0.301 e. The average Bonchev–Trinajstić information content (AvgIpc) is 2.69. The average molecular weight is 261 g/mol. The molecular formula is C14H19N3S. The molecule has 0 aliphatic rings. The topological polar surface area (TPSA) is 37.8 Å². The summed E-state index contributed by atoms with van der Waals surface area (Å²) in [5, 5.41) is 4.70. The second kappa shape index (κ2) is 5.59. The molecule has 0 fully saturated rings. The van der Waals surface area contributed by atoms with Crippen LogP contribution < -0.4 is 5.32 Å². The number of aromatic nitrogens is 2. The molecule has 3 nitrogen and oxygen atoms in total. The van der Waals surface area contributed by atoms with Gasteiger partial charge in [0.2, 0.25) is 0 Å². The lowest BCUT2D eigenvalue weighted by Gasteiger charge is -2.19. The van der Waals surface area contributed by atoms with Crippen LogP contribution in [0, 0.1) is 13.8 Å². The first kappa shape index (κ1) is 13.2. The van der Waals surface area contributed by atoms with E-state index in [1.54, 1.807) is 11.3 Å². The van der Waals surface area contributed by atoms with Gasteiger partial charge in [0.05, 0.1) is 16.4 Å². The molecule has 1 N–H and O–H groups in total. The Kier molecular flexibility index (Phi) is 4.09. The number of nitrogens with zero attached hydrogens (tertiary/aromatic N) is 2. The lowest BCUT2D eigenvalue weighted by molar-refractivity contribution is 0.489. The van der Waals surface area contributed by atoms with E-state index < -0.39 is 0 Å². The maximum Gasteiger partial charge on any atom is 0.0900 e. The molecule has 0 spiro atoms. The SMILES string of the molecule is Cc1nc(C)c(C(C)N[C@@H](C)c2ccccn2)s1. The minimum absolute atomic E-state index is 0.239. The molecule has 2 heterocycles. The third-order valence-corrected chi connectivity index (χ3v) is 4.22. The van der Waals surface area contributed by atoms with E-state index >= 15 is 0 Å². The Morgan fingerprint density at radius 2 is 1.94 bits per heavy atom. The van der Waals surface area contributed by atoms with Gasteiger partial charge in [0, 0.05) is 23.2 Å². The van der Waals surface area contributed by atoms with Crippen molar-refractivity contribution in [2.45, 2.75) is 39.8 Å². The number of hydrogen-bond acceptors (Lipinski definition) is 4. The highest BCUT2D eigenvalue weighted by Gasteiger charge is 2.16. The van der Waals surface area contributed by atoms with Crippen LogP contribution in [0.15, 0.2) is 24.4 Å². The molecule has 4 heteroatoms. The van der Waals surface area contributed by atoms with Crippen molar-refractivity contribution < 1.29 is 0 Å². The Labute approximate surface area is 112 Å². The Morgan fingerprint density at radius 1 is 1.17 bits per heavy atom. The fourth-order valence-electron chi connectivity index (χ4n) is 2.12. The van der Waals surface area contributed by atoms with Gasteiger partial charge in [-0.2, -0.15) is 0 Å². The molecule has 0 amide bonds. The van der Waals surface area contributed by atoms with Gasteiger partial charge in [0.1, 0.15) is 0 Å². The highest BCUT2D eigenvalue weighted by atomic mass is 32.1. The molecule has 1 unspecified atom stereocenters. The number of pyridine rings is 1. The smallest absolute Gasteiger partial charge is 0.0900 e. The van der Waals surface area contributed by atoms with E-state index in [1.165, 1.54) is 4.88 Å². The van der Waals surface area contributed by atoms with Gasteiger partial charge < -0.3 is 5.32 Å². The van der Waals surface area contributed by atoms with E-state index in [2.05, 4.69) is 49.0 Å². The van der Waals surface area contributed by atoms with E-state index in [-0.39, 0.29) is 6.04 Å². The first-order valence-electron chi connectivity index (χ1n) is 6.19. The Morgan fingerprint density at radius 3 is 2.50 bits per heavy atom. The fourth-order valence-corrected chi connectivity index (χ4v) is 3.06. The Balaban J connectivity index is 2.08. The minimum atomic E-state index is 0.239. The third-order valence-electron chi connectivity index (χ3n) is 2.96. The van der Waals surface area contributed by atoms with Crippen LogP contribution in [-0.4, -0.2) is 9.97 Å². The van der Waals surface area contributed by atoms with E-state index in [9.17, 15) is 0 Å². The van der Waals surface area contributed by atoms with Crippen LogP contribution in [0.25, 0.3) is 0 Å². The molecule has 0 bridgehead atoms. The number of rotatable bonds is 4. The van der Waals surface area contributed by atoms with Crippen molar-refractivity contribution in [1.82, 2.24) is 15.3 Å². The van der Waals surface area contributed by atoms with E-state index in [4.69, 9.17) is 0 Å². The van der Waals surface area contributed by atoms with Crippen LogP contribution in [0.4, 0.5) is 0 Å². The van der Waals surface area contributed by atoms with Crippen LogP contribution >= 0.6 is 11.3 Å². The van der Waals surface area contributed by atoms with Crippen molar-refractivity contribution >= 4 is 11.3 Å². The zero-order chi connectivity index (χ0) is 13.1. The molecule has 2 aromatic heterocycles. The standard InChI is InChI=1S/C14H19N3S/c1-9(13-7-5-6-8-15-13)16-10(2)14-11(3)17-12(4)18-14/h5-10,16H,1-4H3/t9-,10?/m0/s1. The third kappa shape index (κ3) is 2.94. The summed E-state index contributed by atoms with van der Waals surface area (Å²) in [6, 6.07) is 6.55. The highest BCUT2D eigenvalue weighted by Crippen LogP contribution is 2.26. The van der Waals surface area contributed by atoms with Crippen molar-refractivity contribution in [2.75, 3.05) is 0 Å². The number of thiazole rings is 1. The summed E-state index contributed by atoms with van der Waals surface area (Å²) in [7, 11) is 0. The normalized spacial score (nSPS) is 14.4. The molecule has 2 aromatic rings. The second-order valence-corrected chi connectivity index (χ2v) is 5.78. The van der Waals surface area contributed by atoms with Crippen molar-refractivity contribution in [3.05, 3.63) is 45.7 Å². The molecule has 0 aromatic carbocycles. The first-order valence-corrected chi connectivity index (χ1v) is 7.00. The summed E-state index contributed by atoms with van der Waals surface area (Å²) < 4.78 is 0. The van der Waals surface area contributed by atoms with Gasteiger partial charge in [0.15, 0.2) is 0 Å². The molecule has 0 saturated carbocycles. The lowest BCUT2D eigenvalue weighted by atomic mass is 10.1. The van der Waals surface area contributed by atoms with Crippen LogP contribution in [0.3, 0.4) is 0 Å². The molecule has 18 heavy (non-hydrogen) atoms. The number of aryl methyl sites for hydroxylation is 2. The van der Waals surface area contributed by atoms with Gasteiger partial charge in [0.25, 0.3) is 0 Å². The van der Waals surface area contributed by atoms with E-state index in [0.717, 1.165) is 16.4 Å². The number of nitrogens with one attached hydrogen (secondary N) is 1. The fraction of sp³-hybridized carbons (Fsp3) is 0.429. The van der Waals surface area contributed by atoms with E-state index in [0.29, 0.717) is 6.04 Å². The molecule has 0 radical (unpaired) electrons. The minimum Gasteiger partial charge on any atom is -0.301 e.